The number of carbonyl (C=O) groups is 1. The average Bonchev–Trinajstić information content (AvgIpc) is 2.50. The molecule has 1 unspecified atom stereocenters. The molecular weight excluding hydrogens is 290 g/mol. The highest BCUT2D eigenvalue weighted by molar-refractivity contribution is 6.28. The second-order valence-corrected chi connectivity index (χ2v) is 6.10. The summed E-state index contributed by atoms with van der Waals surface area (Å²) in [4.78, 5) is 20.3. The summed E-state index contributed by atoms with van der Waals surface area (Å²) in [7, 11) is 1.43. The number of hydrogen-bond donors (Lipinski definition) is 1. The first-order valence-electron chi connectivity index (χ1n) is 7.33. The van der Waals surface area contributed by atoms with Crippen molar-refractivity contribution in [3.8, 4) is 0 Å². The van der Waals surface area contributed by atoms with Gasteiger partial charge in [-0.2, -0.15) is 0 Å². The van der Waals surface area contributed by atoms with E-state index in [1.54, 1.807) is 6.20 Å². The first-order valence-corrected chi connectivity index (χ1v) is 7.71. The molecule has 5 nitrogen and oxygen atoms in total. The van der Waals surface area contributed by atoms with Gasteiger partial charge in [-0.25, -0.2) is 9.97 Å². The van der Waals surface area contributed by atoms with Crippen LogP contribution < -0.4 is 5.32 Å². The van der Waals surface area contributed by atoms with Crippen LogP contribution in [0.5, 0.6) is 0 Å². The van der Waals surface area contributed by atoms with Crippen molar-refractivity contribution in [3.05, 3.63) is 17.0 Å². The SMILES string of the molecule is COC(=O)C(C)C1(Nc2nc(Cl)ncc2C)CCCCC1. The maximum atomic E-state index is 12.0. The van der Waals surface area contributed by atoms with Crippen molar-refractivity contribution in [1.29, 1.82) is 0 Å². The second-order valence-electron chi connectivity index (χ2n) is 5.76. The summed E-state index contributed by atoms with van der Waals surface area (Å²) in [6.45, 7) is 3.85. The summed E-state index contributed by atoms with van der Waals surface area (Å²) >= 11 is 5.90. The number of ether oxygens (including phenoxy) is 1. The van der Waals surface area contributed by atoms with Crippen molar-refractivity contribution in [2.45, 2.75) is 51.5 Å². The molecule has 1 N–H and O–H groups in total. The van der Waals surface area contributed by atoms with E-state index in [0.717, 1.165) is 31.2 Å². The summed E-state index contributed by atoms with van der Waals surface area (Å²) < 4.78 is 4.94. The predicted octanol–water partition coefficient (Wildman–Crippen LogP) is 3.36. The van der Waals surface area contributed by atoms with E-state index < -0.39 is 0 Å². The molecule has 116 valence electrons. The van der Waals surface area contributed by atoms with Crippen molar-refractivity contribution in [1.82, 2.24) is 9.97 Å². The fourth-order valence-corrected chi connectivity index (χ4v) is 3.17. The zero-order valence-corrected chi connectivity index (χ0v) is 13.5. The fourth-order valence-electron chi connectivity index (χ4n) is 3.03. The lowest BCUT2D eigenvalue weighted by atomic mass is 9.73. The molecule has 0 aliphatic heterocycles. The van der Waals surface area contributed by atoms with Crippen LogP contribution >= 0.6 is 11.6 Å². The third-order valence-corrected chi connectivity index (χ3v) is 4.62. The van der Waals surface area contributed by atoms with Crippen LogP contribution in [0.15, 0.2) is 6.20 Å². The quantitative estimate of drug-likeness (QED) is 0.682. The molecule has 2 rings (SSSR count). The van der Waals surface area contributed by atoms with Gasteiger partial charge in [0.2, 0.25) is 5.28 Å². The second kappa shape index (κ2) is 6.60. The van der Waals surface area contributed by atoms with E-state index in [4.69, 9.17) is 16.3 Å². The predicted molar refractivity (Wildman–Crippen MR) is 82.4 cm³/mol. The molecule has 1 aliphatic rings. The highest BCUT2D eigenvalue weighted by Crippen LogP contribution is 2.38. The average molecular weight is 312 g/mol. The van der Waals surface area contributed by atoms with E-state index >= 15 is 0 Å². The van der Waals surface area contributed by atoms with E-state index in [0.29, 0.717) is 5.82 Å². The number of methoxy groups -OCH3 is 1. The molecule has 1 aromatic heterocycles. The van der Waals surface area contributed by atoms with Crippen molar-refractivity contribution in [2.75, 3.05) is 12.4 Å². The third-order valence-electron chi connectivity index (χ3n) is 4.44. The molecule has 1 aliphatic carbocycles. The summed E-state index contributed by atoms with van der Waals surface area (Å²) in [5, 5.41) is 3.69. The van der Waals surface area contributed by atoms with Gasteiger partial charge in [-0.3, -0.25) is 4.79 Å². The lowest BCUT2D eigenvalue weighted by Crippen LogP contribution is -2.49. The molecule has 1 heterocycles. The van der Waals surface area contributed by atoms with E-state index in [9.17, 15) is 4.79 Å². The van der Waals surface area contributed by atoms with E-state index in [1.165, 1.54) is 13.5 Å². The van der Waals surface area contributed by atoms with Gasteiger partial charge in [-0.15, -0.1) is 0 Å². The summed E-state index contributed by atoms with van der Waals surface area (Å²) in [6.07, 6.45) is 6.91. The van der Waals surface area contributed by atoms with Crippen LogP contribution in [0.1, 0.15) is 44.6 Å². The van der Waals surface area contributed by atoms with Gasteiger partial charge in [0.1, 0.15) is 5.82 Å². The number of hydrogen-bond acceptors (Lipinski definition) is 5. The summed E-state index contributed by atoms with van der Waals surface area (Å²) in [5.41, 5.74) is 0.592. The van der Waals surface area contributed by atoms with Gasteiger partial charge in [0.15, 0.2) is 0 Å². The van der Waals surface area contributed by atoms with Crippen LogP contribution in [0.25, 0.3) is 0 Å². The van der Waals surface area contributed by atoms with Crippen LogP contribution in [0, 0.1) is 12.8 Å². The minimum Gasteiger partial charge on any atom is -0.469 e. The zero-order valence-electron chi connectivity index (χ0n) is 12.8. The van der Waals surface area contributed by atoms with Crippen molar-refractivity contribution in [2.24, 2.45) is 5.92 Å². The van der Waals surface area contributed by atoms with Crippen molar-refractivity contribution < 1.29 is 9.53 Å². The summed E-state index contributed by atoms with van der Waals surface area (Å²) in [6, 6.07) is 0. The Hall–Kier alpha value is -1.36. The van der Waals surface area contributed by atoms with Crippen LogP contribution in [0.4, 0.5) is 5.82 Å². The van der Waals surface area contributed by atoms with Gasteiger partial charge < -0.3 is 10.1 Å². The van der Waals surface area contributed by atoms with Gasteiger partial charge in [-0.1, -0.05) is 19.3 Å². The molecule has 0 aromatic carbocycles. The Labute approximate surface area is 130 Å². The van der Waals surface area contributed by atoms with E-state index in [-0.39, 0.29) is 22.7 Å². The summed E-state index contributed by atoms with van der Waals surface area (Å²) in [5.74, 6) is 0.269. The molecule has 1 aromatic rings. The number of anilines is 1. The zero-order chi connectivity index (χ0) is 15.5. The van der Waals surface area contributed by atoms with Crippen LogP contribution in [0.2, 0.25) is 5.28 Å². The van der Waals surface area contributed by atoms with Gasteiger partial charge in [-0.05, 0) is 38.3 Å². The van der Waals surface area contributed by atoms with Crippen molar-refractivity contribution in [3.63, 3.8) is 0 Å². The maximum Gasteiger partial charge on any atom is 0.310 e. The number of aromatic nitrogens is 2. The third kappa shape index (κ3) is 3.46. The number of aryl methyl sites for hydroxylation is 1. The molecule has 6 heteroatoms. The number of halogens is 1. The number of esters is 1. The standard InChI is InChI=1S/C15H22ClN3O2/c1-10-9-17-14(16)18-12(10)19-15(7-5-4-6-8-15)11(2)13(20)21-3/h9,11H,4-8H2,1-3H3,(H,17,18,19). The molecule has 0 spiro atoms. The highest BCUT2D eigenvalue weighted by atomic mass is 35.5. The molecule has 0 saturated heterocycles. The molecular formula is C15H22ClN3O2. The Morgan fingerprint density at radius 1 is 1.43 bits per heavy atom. The Kier molecular flexibility index (Phi) is 5.04. The normalized spacial score (nSPS) is 18.9. The van der Waals surface area contributed by atoms with Crippen LogP contribution in [-0.4, -0.2) is 28.6 Å². The van der Waals surface area contributed by atoms with Gasteiger partial charge in [0.05, 0.1) is 18.6 Å². The smallest absolute Gasteiger partial charge is 0.310 e. The lowest BCUT2D eigenvalue weighted by Gasteiger charge is -2.42. The lowest BCUT2D eigenvalue weighted by molar-refractivity contribution is -0.147. The molecule has 1 fully saturated rings. The van der Waals surface area contributed by atoms with E-state index in [1.807, 2.05) is 13.8 Å². The van der Waals surface area contributed by atoms with Crippen LogP contribution in [-0.2, 0) is 9.53 Å². The van der Waals surface area contributed by atoms with Crippen molar-refractivity contribution >= 4 is 23.4 Å². The molecule has 1 atom stereocenters. The number of carbonyl (C=O) groups excluding carboxylic acids is 1. The number of nitrogens with one attached hydrogen (secondary N) is 1. The molecule has 0 radical (unpaired) electrons. The Bertz CT molecular complexity index is 516. The molecule has 0 amide bonds. The maximum absolute atomic E-state index is 12.0. The van der Waals surface area contributed by atoms with Crippen LogP contribution in [0.3, 0.4) is 0 Å². The molecule has 0 bridgehead atoms. The first kappa shape index (κ1) is 16.0. The fraction of sp³-hybridized carbons (Fsp3) is 0.667. The number of nitrogens with zero attached hydrogens (tertiary/aromatic N) is 2. The highest BCUT2D eigenvalue weighted by Gasteiger charge is 2.42. The minimum absolute atomic E-state index is 0.192. The minimum atomic E-state index is -0.326. The van der Waals surface area contributed by atoms with Gasteiger partial charge >= 0.3 is 5.97 Å². The van der Waals surface area contributed by atoms with E-state index in [2.05, 4.69) is 15.3 Å². The topological polar surface area (TPSA) is 64.1 Å². The Morgan fingerprint density at radius 3 is 2.71 bits per heavy atom. The van der Waals surface area contributed by atoms with Gasteiger partial charge in [0.25, 0.3) is 0 Å². The monoisotopic (exact) mass is 311 g/mol. The molecule has 1 saturated carbocycles. The Morgan fingerprint density at radius 2 is 2.10 bits per heavy atom. The number of rotatable bonds is 4. The van der Waals surface area contributed by atoms with Gasteiger partial charge in [0, 0.05) is 11.8 Å². The first-order chi connectivity index (χ1) is 9.98. The molecule has 21 heavy (non-hydrogen) atoms. The Balaban J connectivity index is 2.32. The largest absolute Gasteiger partial charge is 0.469 e.